The second-order valence-electron chi connectivity index (χ2n) is 0.333. The zero-order valence-electron chi connectivity index (χ0n) is 2.53. The fourth-order valence-corrected chi connectivity index (χ4v) is 0. The van der Waals surface area contributed by atoms with Crippen LogP contribution in [0.4, 0.5) is 0 Å². The minimum absolute atomic E-state index is 0. The Balaban J connectivity index is 0. The summed E-state index contributed by atoms with van der Waals surface area (Å²) in [7, 11) is 0. The molecule has 0 unspecified atom stereocenters. The van der Waals surface area contributed by atoms with Gasteiger partial charge in [-0.05, 0) is 0 Å². The van der Waals surface area contributed by atoms with Crippen LogP contribution in [0.15, 0.2) is 0 Å². The molecule has 2 heteroatoms. The Hall–Kier alpha value is 0.622. The molecule has 0 heterocycles. The van der Waals surface area contributed by atoms with Crippen LogP contribution < -0.4 is 5.73 Å². The summed E-state index contributed by atoms with van der Waals surface area (Å²) >= 11 is 0. The van der Waals surface area contributed by atoms with Crippen LogP contribution in [-0.4, -0.2) is 0 Å². The van der Waals surface area contributed by atoms with E-state index in [1.807, 2.05) is 0 Å². The molecular formula is C2H6NRe-. The normalized spacial score (nSPS) is 4.50. The van der Waals surface area contributed by atoms with Crippen LogP contribution in [0.5, 0.6) is 0 Å². The first-order valence-electron chi connectivity index (χ1n) is 0.911. The molecule has 0 aromatic carbocycles. The van der Waals surface area contributed by atoms with Gasteiger partial charge in [0.05, 0.1) is 0 Å². The molecule has 0 rings (SSSR count). The van der Waals surface area contributed by atoms with Gasteiger partial charge < -0.3 is 5.73 Å². The van der Waals surface area contributed by atoms with Crippen molar-refractivity contribution in [1.82, 2.24) is 0 Å². The van der Waals surface area contributed by atoms with Crippen LogP contribution in [0.3, 0.4) is 0 Å². The summed E-state index contributed by atoms with van der Waals surface area (Å²) in [5, 5.41) is 0. The predicted octanol–water partition coefficient (Wildman–Crippen LogP) is 0.124. The first kappa shape index (κ1) is 8.82. The maximum Gasteiger partial charge on any atom is 0 e. The van der Waals surface area contributed by atoms with Crippen LogP contribution in [0.1, 0.15) is 6.92 Å². The van der Waals surface area contributed by atoms with Gasteiger partial charge >= 0.3 is 0 Å². The molecule has 0 spiro atoms. The summed E-state index contributed by atoms with van der Waals surface area (Å²) in [4.78, 5) is 0. The SMILES string of the molecule is C[CH-]N.[Re]. The van der Waals surface area contributed by atoms with Crippen molar-refractivity contribution in [3.05, 3.63) is 6.54 Å². The summed E-state index contributed by atoms with van der Waals surface area (Å²) in [5.41, 5.74) is 4.72. The minimum Gasteiger partial charge on any atom is -0.484 e. The minimum atomic E-state index is 0. The van der Waals surface area contributed by atoms with Gasteiger partial charge in [-0.25, -0.2) is 0 Å². The van der Waals surface area contributed by atoms with E-state index >= 15 is 0 Å². The fraction of sp³-hybridized carbons (Fsp3) is 0.500. The third-order valence-corrected chi connectivity index (χ3v) is 0. The maximum atomic E-state index is 4.72. The zero-order valence-corrected chi connectivity index (χ0v) is 5.25. The monoisotopic (exact) mass is 231 g/mol. The summed E-state index contributed by atoms with van der Waals surface area (Å²) in [6.07, 6.45) is 0. The Bertz CT molecular complexity index is 6.00. The molecule has 0 aliphatic carbocycles. The van der Waals surface area contributed by atoms with E-state index in [1.54, 1.807) is 6.92 Å². The summed E-state index contributed by atoms with van der Waals surface area (Å²) in [6, 6.07) is 0. The van der Waals surface area contributed by atoms with Crippen molar-refractivity contribution in [2.45, 2.75) is 6.92 Å². The van der Waals surface area contributed by atoms with Crippen molar-refractivity contribution in [3.8, 4) is 0 Å². The largest absolute Gasteiger partial charge is 0.484 e. The van der Waals surface area contributed by atoms with E-state index in [-0.39, 0.29) is 20.4 Å². The van der Waals surface area contributed by atoms with Crippen molar-refractivity contribution < 1.29 is 20.4 Å². The second kappa shape index (κ2) is 9.46. The molecule has 0 amide bonds. The number of nitrogens with two attached hydrogens (primary N) is 1. The first-order chi connectivity index (χ1) is 1.41. The molecular weight excluding hydrogens is 224 g/mol. The van der Waals surface area contributed by atoms with Gasteiger partial charge in [-0.15, -0.1) is 0 Å². The van der Waals surface area contributed by atoms with Crippen LogP contribution in [0.25, 0.3) is 0 Å². The van der Waals surface area contributed by atoms with Gasteiger partial charge in [0.25, 0.3) is 0 Å². The van der Waals surface area contributed by atoms with E-state index in [2.05, 4.69) is 0 Å². The Labute approximate surface area is 40.2 Å². The molecule has 0 aromatic rings. The Morgan fingerprint density at radius 1 is 1.75 bits per heavy atom. The van der Waals surface area contributed by atoms with E-state index in [0.29, 0.717) is 0 Å². The van der Waals surface area contributed by atoms with E-state index in [1.165, 1.54) is 6.54 Å². The molecule has 0 aliphatic heterocycles. The van der Waals surface area contributed by atoms with Crippen molar-refractivity contribution in [3.63, 3.8) is 0 Å². The number of hydrogen-bond donors (Lipinski definition) is 1. The zero-order chi connectivity index (χ0) is 2.71. The third kappa shape index (κ3) is 17.8. The summed E-state index contributed by atoms with van der Waals surface area (Å²) in [5.74, 6) is 0. The Morgan fingerprint density at radius 3 is 1.75 bits per heavy atom. The summed E-state index contributed by atoms with van der Waals surface area (Å²) in [6.45, 7) is 3.28. The molecule has 0 atom stereocenters. The topological polar surface area (TPSA) is 26.0 Å². The number of rotatable bonds is 0. The molecule has 1 nitrogen and oxygen atoms in total. The van der Waals surface area contributed by atoms with Gasteiger partial charge in [0.1, 0.15) is 0 Å². The van der Waals surface area contributed by atoms with Crippen molar-refractivity contribution in [2.24, 2.45) is 5.73 Å². The molecule has 0 aliphatic rings. The van der Waals surface area contributed by atoms with E-state index in [4.69, 9.17) is 5.73 Å². The Kier molecular flexibility index (Phi) is 20.9. The summed E-state index contributed by atoms with van der Waals surface area (Å²) < 4.78 is 0. The van der Waals surface area contributed by atoms with Gasteiger partial charge in [-0.3, -0.25) is 6.54 Å². The van der Waals surface area contributed by atoms with Gasteiger partial charge in [0.2, 0.25) is 0 Å². The molecule has 0 bridgehead atoms. The van der Waals surface area contributed by atoms with Crippen molar-refractivity contribution in [1.29, 1.82) is 0 Å². The molecule has 4 heavy (non-hydrogen) atoms. The molecule has 27 valence electrons. The van der Waals surface area contributed by atoms with Crippen LogP contribution >= 0.6 is 0 Å². The van der Waals surface area contributed by atoms with E-state index in [0.717, 1.165) is 0 Å². The number of hydrogen-bond acceptors (Lipinski definition) is 1. The standard InChI is InChI=1S/C2H6N.Re/c1-2-3;/h2H,3H2,1H3;/q-1;. The maximum absolute atomic E-state index is 4.72. The van der Waals surface area contributed by atoms with Crippen molar-refractivity contribution in [2.75, 3.05) is 0 Å². The molecule has 2 N–H and O–H groups in total. The van der Waals surface area contributed by atoms with Crippen LogP contribution in [0, 0.1) is 6.54 Å². The average Bonchev–Trinajstić information content (AvgIpc) is 0.918. The van der Waals surface area contributed by atoms with Crippen LogP contribution in [-0.2, 0) is 20.4 Å². The third-order valence-electron chi connectivity index (χ3n) is 0. The van der Waals surface area contributed by atoms with Gasteiger partial charge in [0, 0.05) is 20.4 Å². The Morgan fingerprint density at radius 2 is 1.75 bits per heavy atom. The molecule has 0 saturated heterocycles. The molecule has 0 aromatic heterocycles. The van der Waals surface area contributed by atoms with E-state index in [9.17, 15) is 0 Å². The van der Waals surface area contributed by atoms with Crippen molar-refractivity contribution >= 4 is 0 Å². The predicted molar refractivity (Wildman–Crippen MR) is 14.2 cm³/mol. The van der Waals surface area contributed by atoms with Gasteiger partial charge in [-0.1, -0.05) is 0 Å². The van der Waals surface area contributed by atoms with Gasteiger partial charge in [0.15, 0.2) is 0 Å². The molecule has 0 saturated carbocycles. The molecule has 1 radical (unpaired) electrons. The van der Waals surface area contributed by atoms with E-state index < -0.39 is 0 Å². The first-order valence-corrected chi connectivity index (χ1v) is 0.911. The fourth-order valence-electron chi connectivity index (χ4n) is 0. The van der Waals surface area contributed by atoms with Gasteiger partial charge in [-0.2, -0.15) is 6.92 Å². The van der Waals surface area contributed by atoms with Crippen LogP contribution in [0.2, 0.25) is 0 Å². The smallest absolute Gasteiger partial charge is 0 e. The second-order valence-corrected chi connectivity index (χ2v) is 0.333. The average molecular weight is 230 g/mol. The quantitative estimate of drug-likeness (QED) is 0.588. The molecule has 0 fully saturated rings.